The summed E-state index contributed by atoms with van der Waals surface area (Å²) in [7, 11) is 0. The average molecular weight is 539 g/mol. The predicted octanol–water partition coefficient (Wildman–Crippen LogP) is 4.40. The topological polar surface area (TPSA) is 86.2 Å². The molecule has 0 aromatic heterocycles. The number of rotatable bonds is 10. The summed E-state index contributed by atoms with van der Waals surface area (Å²) in [6.45, 7) is 1.64. The Kier molecular flexibility index (Phi) is 9.76. The van der Waals surface area contributed by atoms with Gasteiger partial charge in [0.2, 0.25) is 0 Å². The van der Waals surface area contributed by atoms with Crippen LogP contribution in [0.3, 0.4) is 0 Å². The summed E-state index contributed by atoms with van der Waals surface area (Å²) in [5.74, 6) is 2.56. The Morgan fingerprint density at radius 2 is 1.88 bits per heavy atom. The molecule has 7 nitrogen and oxygen atoms in total. The lowest BCUT2D eigenvalue weighted by molar-refractivity contribution is -0.145. The van der Waals surface area contributed by atoms with E-state index in [0.29, 0.717) is 21.6 Å². The molecule has 1 aliphatic heterocycles. The monoisotopic (exact) mass is 538 g/mol. The maximum absolute atomic E-state index is 12.1. The third-order valence-corrected chi connectivity index (χ3v) is 7.76. The number of nitrogens with zero attached hydrogens (tertiary/aromatic N) is 1. The van der Waals surface area contributed by atoms with Gasteiger partial charge in [0.05, 0.1) is 17.4 Å². The Morgan fingerprint density at radius 3 is 2.59 bits per heavy atom. The van der Waals surface area contributed by atoms with Crippen LogP contribution in [0.2, 0.25) is 0 Å². The molecule has 1 saturated heterocycles. The van der Waals surface area contributed by atoms with Crippen LogP contribution in [0.15, 0.2) is 52.0 Å². The minimum atomic E-state index is -0.461. The molecule has 0 spiro atoms. The van der Waals surface area contributed by atoms with Crippen molar-refractivity contribution in [3.05, 3.63) is 58.1 Å². The minimum Gasteiger partial charge on any atom is -0.484 e. The van der Waals surface area contributed by atoms with Crippen LogP contribution < -0.4 is 14.9 Å². The molecular formula is C22H23BrN2O5S2. The summed E-state index contributed by atoms with van der Waals surface area (Å²) in [5, 5.41) is 3.96. The van der Waals surface area contributed by atoms with Crippen LogP contribution in [-0.4, -0.2) is 49.4 Å². The molecule has 0 aliphatic carbocycles. The number of halogens is 1. The summed E-state index contributed by atoms with van der Waals surface area (Å²) >= 11 is 7.27. The molecule has 0 bridgehead atoms. The second-order valence-corrected chi connectivity index (χ2v) is 10.1. The maximum atomic E-state index is 12.1. The second kappa shape index (κ2) is 12.8. The Bertz CT molecular complexity index is 950. The molecule has 3 rings (SSSR count). The molecule has 0 unspecified atom stereocenters. The molecule has 2 aromatic carbocycles. The summed E-state index contributed by atoms with van der Waals surface area (Å²) in [6, 6.07) is 13.1. The molecule has 0 saturated carbocycles. The van der Waals surface area contributed by atoms with Gasteiger partial charge < -0.3 is 14.2 Å². The highest BCUT2D eigenvalue weighted by atomic mass is 79.9. The van der Waals surface area contributed by atoms with Crippen molar-refractivity contribution in [2.24, 2.45) is 5.10 Å². The van der Waals surface area contributed by atoms with Gasteiger partial charge in [-0.2, -0.15) is 5.10 Å². The number of thioether (sulfide) groups is 2. The average Bonchev–Trinajstić information content (AvgIpc) is 3.33. The lowest BCUT2D eigenvalue weighted by Gasteiger charge is -2.10. The van der Waals surface area contributed by atoms with E-state index in [0.717, 1.165) is 4.47 Å². The van der Waals surface area contributed by atoms with Gasteiger partial charge in [-0.05, 0) is 42.8 Å². The van der Waals surface area contributed by atoms with Crippen LogP contribution in [0.5, 0.6) is 11.5 Å². The molecular weight excluding hydrogens is 516 g/mol. The first-order valence-electron chi connectivity index (χ1n) is 9.91. The van der Waals surface area contributed by atoms with E-state index in [1.807, 2.05) is 47.8 Å². The molecule has 2 aromatic rings. The summed E-state index contributed by atoms with van der Waals surface area (Å²) < 4.78 is 17.2. The number of hydrogen-bond acceptors (Lipinski definition) is 8. The van der Waals surface area contributed by atoms with Gasteiger partial charge in [-0.3, -0.25) is 4.79 Å². The van der Waals surface area contributed by atoms with Gasteiger partial charge in [0.15, 0.2) is 13.2 Å². The predicted molar refractivity (Wildman–Crippen MR) is 132 cm³/mol. The maximum Gasteiger partial charge on any atom is 0.344 e. The lowest BCUT2D eigenvalue weighted by atomic mass is 10.2. The van der Waals surface area contributed by atoms with Crippen LogP contribution in [0.4, 0.5) is 0 Å². The van der Waals surface area contributed by atoms with E-state index in [1.165, 1.54) is 23.3 Å². The van der Waals surface area contributed by atoms with Crippen molar-refractivity contribution >= 4 is 57.5 Å². The summed E-state index contributed by atoms with van der Waals surface area (Å²) in [6.07, 6.45) is 1.44. The molecule has 0 radical (unpaired) electrons. The minimum absolute atomic E-state index is 0.158. The van der Waals surface area contributed by atoms with Crippen LogP contribution in [0, 0.1) is 0 Å². The first kappa shape index (κ1) is 24.5. The molecule has 1 heterocycles. The second-order valence-electron chi connectivity index (χ2n) is 6.50. The van der Waals surface area contributed by atoms with E-state index >= 15 is 0 Å². The van der Waals surface area contributed by atoms with Crippen molar-refractivity contribution in [2.45, 2.75) is 11.5 Å². The number of amides is 1. The molecule has 1 fully saturated rings. The lowest BCUT2D eigenvalue weighted by Crippen LogP contribution is -2.24. The van der Waals surface area contributed by atoms with Gasteiger partial charge in [-0.25, -0.2) is 10.2 Å². The van der Waals surface area contributed by atoms with E-state index in [9.17, 15) is 9.59 Å². The molecule has 0 atom stereocenters. The van der Waals surface area contributed by atoms with Gasteiger partial charge >= 0.3 is 5.97 Å². The Balaban J connectivity index is 1.48. The highest BCUT2D eigenvalue weighted by Gasteiger charge is 2.18. The van der Waals surface area contributed by atoms with Gasteiger partial charge in [0.1, 0.15) is 11.5 Å². The van der Waals surface area contributed by atoms with Gasteiger partial charge in [0.25, 0.3) is 5.91 Å². The van der Waals surface area contributed by atoms with E-state index in [1.54, 1.807) is 25.1 Å². The Hall–Kier alpha value is -2.17. The zero-order chi connectivity index (χ0) is 22.8. The van der Waals surface area contributed by atoms with E-state index in [4.69, 9.17) is 14.2 Å². The van der Waals surface area contributed by atoms with Crippen molar-refractivity contribution in [1.82, 2.24) is 5.43 Å². The van der Waals surface area contributed by atoms with Crippen molar-refractivity contribution in [1.29, 1.82) is 0 Å². The molecule has 1 N–H and O–H groups in total. The third-order valence-electron chi connectivity index (χ3n) is 4.16. The van der Waals surface area contributed by atoms with Crippen LogP contribution in [-0.2, 0) is 14.3 Å². The standard InChI is InChI=1S/C22H23BrN2O5S2/c1-2-28-21(27)14-30-19-8-5-17(23)11-16(19)12-24-25-20(26)13-29-18-6-3-15(4-7-18)22-31-9-10-32-22/h3-8,11-12,22H,2,9-10,13-14H2,1H3,(H,25,26)/b24-12-. The van der Waals surface area contributed by atoms with Gasteiger partial charge in [-0.1, -0.05) is 28.1 Å². The van der Waals surface area contributed by atoms with E-state index in [2.05, 4.69) is 26.5 Å². The number of carbonyl (C=O) groups is 2. The largest absolute Gasteiger partial charge is 0.484 e. The van der Waals surface area contributed by atoms with Crippen molar-refractivity contribution in [3.8, 4) is 11.5 Å². The highest BCUT2D eigenvalue weighted by molar-refractivity contribution is 9.10. The molecule has 170 valence electrons. The van der Waals surface area contributed by atoms with Gasteiger partial charge in [-0.15, -0.1) is 23.5 Å². The number of nitrogens with one attached hydrogen (secondary N) is 1. The number of hydrogen-bond donors (Lipinski definition) is 1. The smallest absolute Gasteiger partial charge is 0.344 e. The van der Waals surface area contributed by atoms with E-state index < -0.39 is 11.9 Å². The summed E-state index contributed by atoms with van der Waals surface area (Å²) in [4.78, 5) is 23.6. The Labute approximate surface area is 203 Å². The molecule has 1 amide bonds. The molecule has 10 heteroatoms. The zero-order valence-electron chi connectivity index (χ0n) is 17.4. The Morgan fingerprint density at radius 1 is 1.12 bits per heavy atom. The first-order chi connectivity index (χ1) is 15.5. The quantitative estimate of drug-likeness (QED) is 0.272. The fourth-order valence-corrected chi connectivity index (χ4v) is 5.96. The van der Waals surface area contributed by atoms with Gasteiger partial charge in [0, 0.05) is 21.5 Å². The van der Waals surface area contributed by atoms with Crippen molar-refractivity contribution in [2.75, 3.05) is 31.3 Å². The summed E-state index contributed by atoms with van der Waals surface area (Å²) in [5.41, 5.74) is 4.27. The van der Waals surface area contributed by atoms with E-state index in [-0.39, 0.29) is 19.8 Å². The number of hydrazone groups is 1. The fourth-order valence-electron chi connectivity index (χ4n) is 2.72. The highest BCUT2D eigenvalue weighted by Crippen LogP contribution is 2.45. The molecule has 1 aliphatic rings. The van der Waals surface area contributed by atoms with Crippen molar-refractivity contribution < 1.29 is 23.8 Å². The van der Waals surface area contributed by atoms with Crippen LogP contribution in [0.25, 0.3) is 0 Å². The SMILES string of the molecule is CCOC(=O)COc1ccc(Br)cc1/C=N\NC(=O)COc1ccc(C2SCCS2)cc1. The number of benzene rings is 2. The third kappa shape index (κ3) is 7.75. The number of esters is 1. The van der Waals surface area contributed by atoms with Crippen LogP contribution >= 0.6 is 39.5 Å². The van der Waals surface area contributed by atoms with Crippen molar-refractivity contribution in [3.63, 3.8) is 0 Å². The normalized spacial score (nSPS) is 13.8. The number of carbonyl (C=O) groups excluding carboxylic acids is 2. The first-order valence-corrected chi connectivity index (χ1v) is 12.8. The molecule has 32 heavy (non-hydrogen) atoms. The fraction of sp³-hybridized carbons (Fsp3) is 0.318. The number of ether oxygens (including phenoxy) is 3. The zero-order valence-corrected chi connectivity index (χ0v) is 20.6. The van der Waals surface area contributed by atoms with Crippen LogP contribution in [0.1, 0.15) is 22.6 Å².